The zero-order chi connectivity index (χ0) is 22.9. The Balaban J connectivity index is 1.75. The van der Waals surface area contributed by atoms with Gasteiger partial charge in [-0.15, -0.1) is 0 Å². The first kappa shape index (κ1) is 21.0. The van der Waals surface area contributed by atoms with Crippen LogP contribution in [0.4, 0.5) is 8.78 Å². The molecule has 0 aliphatic rings. The molecular weight excluding hydrogens is 426 g/mol. The predicted octanol–water partition coefficient (Wildman–Crippen LogP) is 5.73. The number of benzene rings is 2. The van der Waals surface area contributed by atoms with Crippen molar-refractivity contribution in [1.82, 2.24) is 19.5 Å². The van der Waals surface area contributed by atoms with Gasteiger partial charge in [-0.2, -0.15) is 0 Å². The van der Waals surface area contributed by atoms with E-state index in [9.17, 15) is 8.78 Å². The van der Waals surface area contributed by atoms with Gasteiger partial charge in [0.1, 0.15) is 5.52 Å². The summed E-state index contributed by atoms with van der Waals surface area (Å²) in [6, 6.07) is 16.7. The van der Waals surface area contributed by atoms with Crippen molar-refractivity contribution >= 4 is 21.9 Å². The van der Waals surface area contributed by atoms with Crippen molar-refractivity contribution in [3.05, 3.63) is 78.4 Å². The molecule has 0 aliphatic heterocycles. The van der Waals surface area contributed by atoms with Gasteiger partial charge in [-0.1, -0.05) is 18.2 Å². The fourth-order valence-electron chi connectivity index (χ4n) is 3.94. The van der Waals surface area contributed by atoms with Crippen molar-refractivity contribution in [2.75, 3.05) is 14.2 Å². The Labute approximate surface area is 188 Å². The Morgan fingerprint density at radius 1 is 0.879 bits per heavy atom. The molecule has 3 aromatic heterocycles. The van der Waals surface area contributed by atoms with Crippen molar-refractivity contribution in [3.8, 4) is 22.7 Å². The van der Waals surface area contributed by atoms with Gasteiger partial charge < -0.3 is 9.47 Å². The standard InChI is InChI=1S/C25H20F2N4O2/c1-32-14-15-3-7-18(8-4-15)31-23-19-11-16(17-6-10-22(33-2)29-12-17)5-9-20(19)28-13-21(23)30-25(31)24(26)27/h3-13,24H,14H2,1-2H3. The van der Waals surface area contributed by atoms with Gasteiger partial charge in [0.25, 0.3) is 6.43 Å². The summed E-state index contributed by atoms with van der Waals surface area (Å²) in [4.78, 5) is 12.9. The Kier molecular flexibility index (Phi) is 5.43. The highest BCUT2D eigenvalue weighted by Crippen LogP contribution is 2.34. The van der Waals surface area contributed by atoms with Crippen LogP contribution < -0.4 is 4.74 Å². The number of pyridine rings is 2. The number of imidazole rings is 1. The summed E-state index contributed by atoms with van der Waals surface area (Å²) in [5.41, 5.74) is 4.97. The van der Waals surface area contributed by atoms with Gasteiger partial charge in [0.05, 0.1) is 30.9 Å². The molecule has 6 nitrogen and oxygen atoms in total. The molecule has 0 unspecified atom stereocenters. The van der Waals surface area contributed by atoms with Crippen LogP contribution in [0.15, 0.2) is 67.0 Å². The Bertz CT molecular complexity index is 1430. The molecule has 0 spiro atoms. The van der Waals surface area contributed by atoms with Crippen LogP contribution in [-0.4, -0.2) is 33.7 Å². The summed E-state index contributed by atoms with van der Waals surface area (Å²) >= 11 is 0. The second-order valence-electron chi connectivity index (χ2n) is 7.52. The predicted molar refractivity (Wildman–Crippen MR) is 122 cm³/mol. The first-order chi connectivity index (χ1) is 16.1. The number of methoxy groups -OCH3 is 2. The molecule has 0 saturated heterocycles. The number of alkyl halides is 2. The minimum Gasteiger partial charge on any atom is -0.481 e. The maximum absolute atomic E-state index is 14.0. The van der Waals surface area contributed by atoms with E-state index in [1.807, 2.05) is 36.4 Å². The van der Waals surface area contributed by atoms with Crippen molar-refractivity contribution in [2.24, 2.45) is 0 Å². The Hall–Kier alpha value is -3.91. The largest absolute Gasteiger partial charge is 0.481 e. The van der Waals surface area contributed by atoms with Gasteiger partial charge >= 0.3 is 0 Å². The van der Waals surface area contributed by atoms with Crippen LogP contribution in [0.25, 0.3) is 38.8 Å². The molecule has 5 aromatic rings. The molecule has 0 aliphatic carbocycles. The summed E-state index contributed by atoms with van der Waals surface area (Å²) in [7, 11) is 3.17. The lowest BCUT2D eigenvalue weighted by Crippen LogP contribution is -2.02. The molecule has 2 aromatic carbocycles. The quantitative estimate of drug-likeness (QED) is 0.333. The van der Waals surface area contributed by atoms with E-state index in [1.54, 1.807) is 38.6 Å². The number of aromatic nitrogens is 4. The summed E-state index contributed by atoms with van der Waals surface area (Å²) in [6.45, 7) is 0.443. The number of nitrogens with zero attached hydrogens (tertiary/aromatic N) is 4. The summed E-state index contributed by atoms with van der Waals surface area (Å²) in [6.07, 6.45) is 0.498. The van der Waals surface area contributed by atoms with Gasteiger partial charge in [-0.05, 0) is 41.5 Å². The molecule has 166 valence electrons. The van der Waals surface area contributed by atoms with Crippen molar-refractivity contribution < 1.29 is 18.3 Å². The topological polar surface area (TPSA) is 62.1 Å². The smallest absolute Gasteiger partial charge is 0.295 e. The van der Waals surface area contributed by atoms with Crippen molar-refractivity contribution in [2.45, 2.75) is 13.0 Å². The van der Waals surface area contributed by atoms with Gasteiger partial charge in [-0.3, -0.25) is 9.55 Å². The lowest BCUT2D eigenvalue weighted by atomic mass is 10.0. The Morgan fingerprint density at radius 3 is 2.33 bits per heavy atom. The van der Waals surface area contributed by atoms with Crippen molar-refractivity contribution in [3.63, 3.8) is 0 Å². The van der Waals surface area contributed by atoms with Crippen LogP contribution in [0.1, 0.15) is 17.8 Å². The molecule has 8 heteroatoms. The van der Waals surface area contributed by atoms with Crippen LogP contribution in [-0.2, 0) is 11.3 Å². The van der Waals surface area contributed by atoms with Crippen LogP contribution in [0.5, 0.6) is 5.88 Å². The molecule has 0 N–H and O–H groups in total. The van der Waals surface area contributed by atoms with E-state index in [0.717, 1.165) is 22.1 Å². The number of hydrogen-bond donors (Lipinski definition) is 0. The van der Waals surface area contributed by atoms with E-state index < -0.39 is 6.43 Å². The average Bonchev–Trinajstić information content (AvgIpc) is 3.25. The number of fused-ring (bicyclic) bond motifs is 3. The highest BCUT2D eigenvalue weighted by molar-refractivity contribution is 6.04. The lowest BCUT2D eigenvalue weighted by Gasteiger charge is -2.12. The first-order valence-corrected chi connectivity index (χ1v) is 10.3. The maximum atomic E-state index is 14.0. The normalized spacial score (nSPS) is 11.5. The minimum absolute atomic E-state index is 0.324. The van der Waals surface area contributed by atoms with Gasteiger partial charge in [0, 0.05) is 36.0 Å². The second kappa shape index (κ2) is 8.55. The Morgan fingerprint density at radius 2 is 1.67 bits per heavy atom. The van der Waals surface area contributed by atoms with Crippen LogP contribution >= 0.6 is 0 Å². The fraction of sp³-hybridized carbons (Fsp3) is 0.160. The number of halogens is 2. The van der Waals surface area contributed by atoms with Crippen LogP contribution in [0, 0.1) is 0 Å². The molecule has 3 heterocycles. The van der Waals surface area contributed by atoms with E-state index in [1.165, 1.54) is 10.8 Å². The van der Waals surface area contributed by atoms with Gasteiger partial charge in [0.2, 0.25) is 5.88 Å². The van der Waals surface area contributed by atoms with Crippen LogP contribution in [0.3, 0.4) is 0 Å². The highest BCUT2D eigenvalue weighted by atomic mass is 19.3. The molecular formula is C25H20F2N4O2. The minimum atomic E-state index is -2.75. The summed E-state index contributed by atoms with van der Waals surface area (Å²) in [5, 5.41) is 0.723. The highest BCUT2D eigenvalue weighted by Gasteiger charge is 2.22. The summed E-state index contributed by atoms with van der Waals surface area (Å²) in [5.74, 6) is 0.190. The third-order valence-corrected chi connectivity index (χ3v) is 5.49. The third kappa shape index (κ3) is 3.78. The zero-order valence-corrected chi connectivity index (χ0v) is 18.0. The number of hydrogen-bond acceptors (Lipinski definition) is 5. The molecule has 0 atom stereocenters. The SMILES string of the molecule is COCc1ccc(-n2c(C(F)F)nc3cnc4ccc(-c5ccc(OC)nc5)cc4c32)cc1. The lowest BCUT2D eigenvalue weighted by molar-refractivity contribution is 0.139. The molecule has 0 fully saturated rings. The van der Waals surface area contributed by atoms with Gasteiger partial charge in [-0.25, -0.2) is 18.7 Å². The molecule has 0 saturated carbocycles. The zero-order valence-electron chi connectivity index (χ0n) is 18.0. The van der Waals surface area contributed by atoms with E-state index in [4.69, 9.17) is 9.47 Å². The number of ether oxygens (including phenoxy) is 2. The maximum Gasteiger partial charge on any atom is 0.295 e. The molecule has 0 bridgehead atoms. The van der Waals surface area contributed by atoms with E-state index in [-0.39, 0.29) is 5.82 Å². The van der Waals surface area contributed by atoms with E-state index >= 15 is 0 Å². The fourth-order valence-corrected chi connectivity index (χ4v) is 3.94. The second-order valence-corrected chi connectivity index (χ2v) is 7.52. The first-order valence-electron chi connectivity index (χ1n) is 10.3. The van der Waals surface area contributed by atoms with Gasteiger partial charge in [0.15, 0.2) is 5.82 Å². The molecule has 0 amide bonds. The average molecular weight is 446 g/mol. The van der Waals surface area contributed by atoms with E-state index in [2.05, 4.69) is 15.0 Å². The molecule has 5 rings (SSSR count). The summed E-state index contributed by atoms with van der Waals surface area (Å²) < 4.78 is 39.8. The van der Waals surface area contributed by atoms with Crippen LogP contribution in [0.2, 0.25) is 0 Å². The molecule has 0 radical (unpaired) electrons. The third-order valence-electron chi connectivity index (χ3n) is 5.49. The van der Waals surface area contributed by atoms with E-state index in [0.29, 0.717) is 34.7 Å². The number of rotatable bonds is 6. The monoisotopic (exact) mass is 446 g/mol. The molecule has 33 heavy (non-hydrogen) atoms. The van der Waals surface area contributed by atoms with Crippen molar-refractivity contribution in [1.29, 1.82) is 0 Å².